The summed E-state index contributed by atoms with van der Waals surface area (Å²) in [5.74, 6) is 0. The number of aryl methyl sites for hydroxylation is 2. The van der Waals surface area contributed by atoms with Gasteiger partial charge in [0.1, 0.15) is 0 Å². The van der Waals surface area contributed by atoms with E-state index >= 15 is 0 Å². The number of nitrogens with zero attached hydrogens (tertiary/aromatic N) is 3. The number of aliphatic hydroxyl groups excluding tert-OH is 1. The van der Waals surface area contributed by atoms with Gasteiger partial charge in [0.15, 0.2) is 0 Å². The first-order valence-corrected chi connectivity index (χ1v) is 6.98. The van der Waals surface area contributed by atoms with Gasteiger partial charge in [0.25, 0.3) is 0 Å². The lowest BCUT2D eigenvalue weighted by atomic mass is 10.1. The van der Waals surface area contributed by atoms with Gasteiger partial charge in [-0.15, -0.1) is 11.3 Å². The number of aromatic nitrogens is 3. The molecule has 0 saturated carbocycles. The van der Waals surface area contributed by atoms with E-state index in [9.17, 15) is 5.11 Å². The minimum Gasteiger partial charge on any atom is -0.388 e. The van der Waals surface area contributed by atoms with E-state index in [1.54, 1.807) is 16.0 Å². The van der Waals surface area contributed by atoms with Crippen LogP contribution < -0.4 is 0 Å². The molecular weight excluding hydrogens is 258 g/mol. The minimum atomic E-state index is -0.547. The Morgan fingerprint density at radius 1 is 1.37 bits per heavy atom. The molecule has 5 heteroatoms. The van der Waals surface area contributed by atoms with Crippen molar-refractivity contribution in [3.8, 4) is 0 Å². The third-order valence-corrected chi connectivity index (χ3v) is 4.18. The highest BCUT2D eigenvalue weighted by Gasteiger charge is 2.16. The molecule has 3 aromatic rings. The van der Waals surface area contributed by atoms with E-state index in [-0.39, 0.29) is 0 Å². The number of benzene rings is 1. The average Bonchev–Trinajstić information content (AvgIpc) is 2.91. The smallest absolute Gasteiger partial charge is 0.0967 e. The topological polar surface area (TPSA) is 50.9 Å². The summed E-state index contributed by atoms with van der Waals surface area (Å²) >= 11 is 1.63. The number of para-hydroxylation sites is 1. The third-order valence-electron chi connectivity index (χ3n) is 3.12. The van der Waals surface area contributed by atoms with Gasteiger partial charge in [-0.2, -0.15) is 5.10 Å². The van der Waals surface area contributed by atoms with E-state index < -0.39 is 6.10 Å². The zero-order valence-corrected chi connectivity index (χ0v) is 11.7. The zero-order valence-electron chi connectivity index (χ0n) is 10.9. The first-order chi connectivity index (χ1) is 9.13. The second-order valence-electron chi connectivity index (χ2n) is 4.64. The van der Waals surface area contributed by atoms with Crippen LogP contribution in [0, 0.1) is 6.92 Å². The molecule has 4 nitrogen and oxygen atoms in total. The van der Waals surface area contributed by atoms with Crippen LogP contribution in [-0.2, 0) is 13.5 Å². The van der Waals surface area contributed by atoms with Crippen molar-refractivity contribution in [2.45, 2.75) is 19.4 Å². The van der Waals surface area contributed by atoms with Crippen molar-refractivity contribution < 1.29 is 5.11 Å². The first kappa shape index (κ1) is 12.3. The molecule has 1 aromatic carbocycles. The monoisotopic (exact) mass is 273 g/mol. The molecule has 19 heavy (non-hydrogen) atoms. The van der Waals surface area contributed by atoms with Crippen LogP contribution in [0.4, 0.5) is 0 Å². The van der Waals surface area contributed by atoms with Gasteiger partial charge in [0.05, 0.1) is 27.0 Å². The second-order valence-corrected chi connectivity index (χ2v) is 5.75. The molecule has 0 spiro atoms. The third kappa shape index (κ3) is 2.39. The van der Waals surface area contributed by atoms with Gasteiger partial charge >= 0.3 is 0 Å². The largest absolute Gasteiger partial charge is 0.388 e. The molecule has 1 N–H and O–H groups in total. The van der Waals surface area contributed by atoms with Crippen molar-refractivity contribution in [2.24, 2.45) is 7.05 Å². The SMILES string of the molecule is Cc1nn(C)cc1C(O)Cc1nc2ccccc2s1. The zero-order chi connectivity index (χ0) is 13.4. The van der Waals surface area contributed by atoms with Crippen molar-refractivity contribution in [3.05, 3.63) is 46.7 Å². The Labute approximate surface area is 115 Å². The molecule has 1 unspecified atom stereocenters. The number of aliphatic hydroxyl groups is 1. The van der Waals surface area contributed by atoms with E-state index in [1.807, 2.05) is 38.4 Å². The number of hydrogen-bond acceptors (Lipinski definition) is 4. The Morgan fingerprint density at radius 2 is 2.16 bits per heavy atom. The summed E-state index contributed by atoms with van der Waals surface area (Å²) in [6, 6.07) is 8.04. The normalized spacial score (nSPS) is 13.0. The van der Waals surface area contributed by atoms with E-state index in [2.05, 4.69) is 16.1 Å². The van der Waals surface area contributed by atoms with Crippen LogP contribution in [0.1, 0.15) is 22.4 Å². The van der Waals surface area contributed by atoms with E-state index in [0.29, 0.717) is 6.42 Å². The molecule has 0 amide bonds. The van der Waals surface area contributed by atoms with Crippen molar-refractivity contribution in [1.82, 2.24) is 14.8 Å². The quantitative estimate of drug-likeness (QED) is 0.798. The Balaban J connectivity index is 1.86. The van der Waals surface area contributed by atoms with Gasteiger partial charge < -0.3 is 5.11 Å². The molecule has 0 radical (unpaired) electrons. The maximum atomic E-state index is 10.3. The lowest BCUT2D eigenvalue weighted by Crippen LogP contribution is -2.02. The second kappa shape index (κ2) is 4.75. The van der Waals surface area contributed by atoms with Gasteiger partial charge in [-0.1, -0.05) is 12.1 Å². The van der Waals surface area contributed by atoms with E-state index in [1.165, 1.54) is 0 Å². The Hall–Kier alpha value is -1.72. The number of fused-ring (bicyclic) bond motifs is 1. The summed E-state index contributed by atoms with van der Waals surface area (Å²) < 4.78 is 2.89. The molecule has 0 saturated heterocycles. The highest BCUT2D eigenvalue weighted by molar-refractivity contribution is 7.18. The van der Waals surface area contributed by atoms with E-state index in [0.717, 1.165) is 26.5 Å². The summed E-state index contributed by atoms with van der Waals surface area (Å²) in [5.41, 5.74) is 2.75. The average molecular weight is 273 g/mol. The molecular formula is C14H15N3OS. The van der Waals surface area contributed by atoms with Gasteiger partial charge in [0, 0.05) is 25.2 Å². The van der Waals surface area contributed by atoms with Crippen molar-refractivity contribution >= 4 is 21.6 Å². The van der Waals surface area contributed by atoms with Crippen LogP contribution in [-0.4, -0.2) is 19.9 Å². The molecule has 0 aliphatic heterocycles. The molecule has 1 atom stereocenters. The van der Waals surface area contributed by atoms with Crippen LogP contribution in [0.5, 0.6) is 0 Å². The standard InChI is InChI=1S/C14H15N3OS/c1-9-10(8-17(2)16-9)12(18)7-14-15-11-5-3-4-6-13(11)19-14/h3-6,8,12,18H,7H2,1-2H3. The van der Waals surface area contributed by atoms with Gasteiger partial charge in [-0.3, -0.25) is 4.68 Å². The summed E-state index contributed by atoms with van der Waals surface area (Å²) in [4.78, 5) is 4.55. The van der Waals surface area contributed by atoms with Crippen LogP contribution in [0.3, 0.4) is 0 Å². The maximum absolute atomic E-state index is 10.3. The highest BCUT2D eigenvalue weighted by atomic mass is 32.1. The Kier molecular flexibility index (Phi) is 3.08. The molecule has 98 valence electrons. The van der Waals surface area contributed by atoms with E-state index in [4.69, 9.17) is 0 Å². The number of rotatable bonds is 3. The minimum absolute atomic E-state index is 0.534. The first-order valence-electron chi connectivity index (χ1n) is 6.16. The Morgan fingerprint density at radius 3 is 2.84 bits per heavy atom. The van der Waals surface area contributed by atoms with Crippen LogP contribution in [0.15, 0.2) is 30.5 Å². The lowest BCUT2D eigenvalue weighted by molar-refractivity contribution is 0.177. The van der Waals surface area contributed by atoms with Gasteiger partial charge in [-0.05, 0) is 19.1 Å². The molecule has 0 fully saturated rings. The van der Waals surface area contributed by atoms with Gasteiger partial charge in [0.2, 0.25) is 0 Å². The summed E-state index contributed by atoms with van der Waals surface area (Å²) in [5, 5.41) is 15.5. The maximum Gasteiger partial charge on any atom is 0.0967 e. The van der Waals surface area contributed by atoms with Crippen LogP contribution in [0.25, 0.3) is 10.2 Å². The van der Waals surface area contributed by atoms with Crippen molar-refractivity contribution in [2.75, 3.05) is 0 Å². The predicted molar refractivity (Wildman–Crippen MR) is 76.2 cm³/mol. The van der Waals surface area contributed by atoms with Crippen molar-refractivity contribution in [1.29, 1.82) is 0 Å². The molecule has 2 heterocycles. The molecule has 2 aromatic heterocycles. The fourth-order valence-electron chi connectivity index (χ4n) is 2.23. The fraction of sp³-hybridized carbons (Fsp3) is 0.286. The fourth-order valence-corrected chi connectivity index (χ4v) is 3.23. The van der Waals surface area contributed by atoms with Crippen LogP contribution >= 0.6 is 11.3 Å². The van der Waals surface area contributed by atoms with Crippen LogP contribution in [0.2, 0.25) is 0 Å². The predicted octanol–water partition coefficient (Wildman–Crippen LogP) is 2.61. The highest BCUT2D eigenvalue weighted by Crippen LogP contribution is 2.26. The number of hydrogen-bond donors (Lipinski definition) is 1. The van der Waals surface area contributed by atoms with Crippen molar-refractivity contribution in [3.63, 3.8) is 0 Å². The lowest BCUT2D eigenvalue weighted by Gasteiger charge is -2.06. The summed E-state index contributed by atoms with van der Waals surface area (Å²) in [6.07, 6.45) is 1.86. The summed E-state index contributed by atoms with van der Waals surface area (Å²) in [6.45, 7) is 1.91. The Bertz CT molecular complexity index is 683. The van der Waals surface area contributed by atoms with Gasteiger partial charge in [-0.25, -0.2) is 4.98 Å². The number of thiazole rings is 1. The molecule has 0 bridgehead atoms. The molecule has 0 aliphatic rings. The molecule has 0 aliphatic carbocycles. The molecule has 3 rings (SSSR count). The summed E-state index contributed by atoms with van der Waals surface area (Å²) in [7, 11) is 1.86.